The third-order valence-corrected chi connectivity index (χ3v) is 9.60. The predicted molar refractivity (Wildman–Crippen MR) is 230 cm³/mol. The lowest BCUT2D eigenvalue weighted by atomic mass is 10.0. The van der Waals surface area contributed by atoms with E-state index in [1.54, 1.807) is 12.2 Å². The summed E-state index contributed by atoms with van der Waals surface area (Å²) in [4.78, 5) is 35.3. The van der Waals surface area contributed by atoms with Crippen LogP contribution >= 0.6 is 7.82 Å². The maximum atomic E-state index is 12.7. The van der Waals surface area contributed by atoms with E-state index < -0.39 is 38.6 Å². The van der Waals surface area contributed by atoms with E-state index in [-0.39, 0.29) is 32.5 Å². The highest BCUT2D eigenvalue weighted by atomic mass is 31.2. The second kappa shape index (κ2) is 36.7. The quantitative estimate of drug-likeness (QED) is 0.0157. The summed E-state index contributed by atoms with van der Waals surface area (Å²) in [5.41, 5.74) is 0. The van der Waals surface area contributed by atoms with Crippen molar-refractivity contribution in [2.45, 2.75) is 154 Å². The van der Waals surface area contributed by atoms with Gasteiger partial charge >= 0.3 is 19.8 Å². The van der Waals surface area contributed by atoms with E-state index >= 15 is 0 Å². The summed E-state index contributed by atoms with van der Waals surface area (Å²) < 4.78 is 34.0. The fourth-order valence-corrected chi connectivity index (χ4v) is 5.98. The number of hydrogen-bond acceptors (Lipinski definition) is 8. The number of allylic oxidation sites excluding steroid dienone is 11. The Bertz CT molecular complexity index is 1200. The van der Waals surface area contributed by atoms with Crippen LogP contribution in [0.25, 0.3) is 0 Å². The molecule has 0 rings (SSSR count). The number of nitrogens with zero attached hydrogens (tertiary/aromatic N) is 1. The Morgan fingerprint density at radius 3 is 1.70 bits per heavy atom. The molecule has 0 saturated carbocycles. The Balaban J connectivity index is 4.64. The molecule has 0 aromatic rings. The number of carbonyl (C=O) groups excluding carboxylic acids is 2. The van der Waals surface area contributed by atoms with Crippen molar-refractivity contribution < 1.29 is 47.2 Å². The first-order valence-corrected chi connectivity index (χ1v) is 22.8. The third-order valence-electron chi connectivity index (χ3n) is 8.62. The number of quaternary nitrogens is 1. The zero-order valence-corrected chi connectivity index (χ0v) is 36.6. The summed E-state index contributed by atoms with van der Waals surface area (Å²) in [6, 6.07) is 0. The van der Waals surface area contributed by atoms with Crippen LogP contribution in [0.3, 0.4) is 0 Å². The number of ether oxygens (including phenoxy) is 2. The molecule has 0 saturated heterocycles. The third kappa shape index (κ3) is 39.6. The molecule has 0 bridgehead atoms. The summed E-state index contributed by atoms with van der Waals surface area (Å²) in [7, 11) is 1.32. The maximum absolute atomic E-state index is 12.7. The molecular formula is C45H79NO9P+. The minimum Gasteiger partial charge on any atom is -0.462 e. The summed E-state index contributed by atoms with van der Waals surface area (Å²) in [5, 5.41) is 10.3. The molecule has 0 aromatic carbocycles. The van der Waals surface area contributed by atoms with E-state index in [1.165, 1.54) is 51.4 Å². The zero-order valence-electron chi connectivity index (χ0n) is 35.7. The molecule has 0 amide bonds. The van der Waals surface area contributed by atoms with Crippen LogP contribution in [0.2, 0.25) is 0 Å². The van der Waals surface area contributed by atoms with Crippen molar-refractivity contribution in [2.75, 3.05) is 47.5 Å². The minimum atomic E-state index is -4.44. The Kier molecular flexibility index (Phi) is 35.0. The predicted octanol–water partition coefficient (Wildman–Crippen LogP) is 10.8. The molecule has 56 heavy (non-hydrogen) atoms. The number of aliphatic hydroxyl groups excluding tert-OH is 1. The number of aliphatic hydroxyl groups is 1. The van der Waals surface area contributed by atoms with Crippen molar-refractivity contribution in [3.63, 3.8) is 0 Å². The second-order valence-electron chi connectivity index (χ2n) is 15.2. The highest BCUT2D eigenvalue weighted by Gasteiger charge is 2.27. The minimum absolute atomic E-state index is 0.0131. The summed E-state index contributed by atoms with van der Waals surface area (Å²) in [6.07, 6.45) is 41.4. The first-order valence-electron chi connectivity index (χ1n) is 21.3. The molecule has 0 aliphatic carbocycles. The number of esters is 2. The second-order valence-corrected chi connectivity index (χ2v) is 16.7. The van der Waals surface area contributed by atoms with Gasteiger partial charge < -0.3 is 24.0 Å². The summed E-state index contributed by atoms with van der Waals surface area (Å²) >= 11 is 0. The van der Waals surface area contributed by atoms with E-state index in [0.717, 1.165) is 51.4 Å². The van der Waals surface area contributed by atoms with Crippen LogP contribution in [-0.4, -0.2) is 86.1 Å². The average molecular weight is 809 g/mol. The van der Waals surface area contributed by atoms with Gasteiger partial charge in [0.25, 0.3) is 0 Å². The van der Waals surface area contributed by atoms with Gasteiger partial charge in [0.15, 0.2) is 6.10 Å². The van der Waals surface area contributed by atoms with E-state index in [9.17, 15) is 24.2 Å². The molecule has 0 spiro atoms. The summed E-state index contributed by atoms with van der Waals surface area (Å²) in [6.45, 7) is 4.00. The van der Waals surface area contributed by atoms with Crippen LogP contribution in [0.5, 0.6) is 0 Å². The van der Waals surface area contributed by atoms with Gasteiger partial charge in [-0.1, -0.05) is 157 Å². The Morgan fingerprint density at radius 2 is 1.16 bits per heavy atom. The zero-order chi connectivity index (χ0) is 41.6. The Labute approximate surface area is 341 Å². The number of phosphoric ester groups is 1. The molecule has 0 aromatic heterocycles. The standard InChI is InChI=1S/C45H78NO9P/c1-6-8-10-12-14-16-18-20-21-22-23-24-26-28-30-32-34-42(47)36-37-45(49)55-43(41-54-56(50,51)53-39-38-46(3,4)5)40-52-44(48)35-33-31-29-27-25-19-17-15-13-11-9-7-2/h8,10,14,16,20-21,23-24,28,30,32,34,42-43,47H,6-7,9,11-13,15,17-19,22,25-27,29,31,33,35-41H2,1-5H3/p+1/b10-8-,16-14-,21-20-,24-23-,30-28-,34-32-/t42?,43-/m1/s1. The van der Waals surface area contributed by atoms with Crippen LogP contribution in [0.15, 0.2) is 72.9 Å². The fraction of sp³-hybridized carbons (Fsp3) is 0.689. The van der Waals surface area contributed by atoms with Crippen molar-refractivity contribution in [3.8, 4) is 0 Å². The van der Waals surface area contributed by atoms with Crippen molar-refractivity contribution >= 4 is 19.8 Å². The number of unbranched alkanes of at least 4 members (excludes halogenated alkanes) is 11. The van der Waals surface area contributed by atoms with Crippen molar-refractivity contribution in [2.24, 2.45) is 0 Å². The molecular weight excluding hydrogens is 729 g/mol. The van der Waals surface area contributed by atoms with Gasteiger partial charge in [-0.05, 0) is 44.9 Å². The van der Waals surface area contributed by atoms with E-state index in [2.05, 4.69) is 62.5 Å². The van der Waals surface area contributed by atoms with Gasteiger partial charge in [0, 0.05) is 12.8 Å². The van der Waals surface area contributed by atoms with Gasteiger partial charge in [-0.15, -0.1) is 0 Å². The largest absolute Gasteiger partial charge is 0.472 e. The number of phosphoric acid groups is 1. The molecule has 0 radical (unpaired) electrons. The topological polar surface area (TPSA) is 129 Å². The number of carbonyl (C=O) groups is 2. The van der Waals surface area contributed by atoms with Crippen LogP contribution in [-0.2, 0) is 32.7 Å². The van der Waals surface area contributed by atoms with Crippen LogP contribution < -0.4 is 0 Å². The van der Waals surface area contributed by atoms with Crippen LogP contribution in [0, 0.1) is 0 Å². The van der Waals surface area contributed by atoms with Crippen molar-refractivity contribution in [1.82, 2.24) is 0 Å². The van der Waals surface area contributed by atoms with Crippen LogP contribution in [0.4, 0.5) is 0 Å². The normalized spacial score (nSPS) is 14.9. The molecule has 2 unspecified atom stereocenters. The number of hydrogen-bond donors (Lipinski definition) is 2. The smallest absolute Gasteiger partial charge is 0.462 e. The lowest BCUT2D eigenvalue weighted by molar-refractivity contribution is -0.870. The first kappa shape index (κ1) is 53.4. The highest BCUT2D eigenvalue weighted by molar-refractivity contribution is 7.47. The Hall–Kier alpha value is -2.59. The van der Waals surface area contributed by atoms with Crippen molar-refractivity contribution in [3.05, 3.63) is 72.9 Å². The first-order chi connectivity index (χ1) is 26.9. The lowest BCUT2D eigenvalue weighted by Gasteiger charge is -2.24. The lowest BCUT2D eigenvalue weighted by Crippen LogP contribution is -2.37. The SMILES string of the molecule is CC/C=C\C/C=C\C/C=C\C/C=C\C/C=C\C=C/C(O)CCC(=O)O[C@H](COC(=O)CCCCCCCCCCCCCC)COP(=O)(O)OCC[N+](C)(C)C. The van der Waals surface area contributed by atoms with E-state index in [0.29, 0.717) is 17.4 Å². The van der Waals surface area contributed by atoms with Crippen molar-refractivity contribution in [1.29, 1.82) is 0 Å². The van der Waals surface area contributed by atoms with Gasteiger partial charge in [0.05, 0.1) is 33.9 Å². The molecule has 0 aliphatic heterocycles. The van der Waals surface area contributed by atoms with Crippen LogP contribution in [0.1, 0.15) is 142 Å². The molecule has 10 nitrogen and oxygen atoms in total. The molecule has 322 valence electrons. The average Bonchev–Trinajstić information content (AvgIpc) is 3.14. The fourth-order valence-electron chi connectivity index (χ4n) is 5.24. The molecule has 0 heterocycles. The van der Waals surface area contributed by atoms with Gasteiger partial charge in [-0.3, -0.25) is 18.6 Å². The van der Waals surface area contributed by atoms with Gasteiger partial charge in [0.2, 0.25) is 0 Å². The molecule has 0 aliphatic rings. The molecule has 3 atom stereocenters. The molecule has 11 heteroatoms. The van der Waals surface area contributed by atoms with E-state index in [4.69, 9.17) is 18.5 Å². The van der Waals surface area contributed by atoms with Gasteiger partial charge in [0.1, 0.15) is 19.8 Å². The number of likely N-dealkylation sites (N-methyl/N-ethyl adjacent to an activating group) is 1. The monoisotopic (exact) mass is 809 g/mol. The van der Waals surface area contributed by atoms with Gasteiger partial charge in [-0.2, -0.15) is 0 Å². The maximum Gasteiger partial charge on any atom is 0.472 e. The van der Waals surface area contributed by atoms with E-state index in [1.807, 2.05) is 33.3 Å². The van der Waals surface area contributed by atoms with Gasteiger partial charge in [-0.25, -0.2) is 4.57 Å². The molecule has 2 N–H and O–H groups in total. The summed E-state index contributed by atoms with van der Waals surface area (Å²) in [5.74, 6) is -1.09. The molecule has 0 fully saturated rings. The number of rotatable bonds is 37. The Morgan fingerprint density at radius 1 is 0.643 bits per heavy atom. The highest BCUT2D eigenvalue weighted by Crippen LogP contribution is 2.43.